The minimum atomic E-state index is -0.312. The van der Waals surface area contributed by atoms with Crippen LogP contribution in [0.4, 0.5) is 0 Å². The molecule has 1 aromatic heterocycles. The summed E-state index contributed by atoms with van der Waals surface area (Å²) in [6, 6.07) is 3.43. The Kier molecular flexibility index (Phi) is 5.77. The van der Waals surface area contributed by atoms with Gasteiger partial charge in [-0.25, -0.2) is 0 Å². The summed E-state index contributed by atoms with van der Waals surface area (Å²) in [6.07, 6.45) is 1.99. The number of aryl methyl sites for hydroxylation is 1. The Bertz CT molecular complexity index is 527. The van der Waals surface area contributed by atoms with Crippen molar-refractivity contribution in [3.8, 4) is 0 Å². The Morgan fingerprint density at radius 3 is 2.80 bits per heavy atom. The third kappa shape index (κ3) is 3.61. The van der Waals surface area contributed by atoms with Gasteiger partial charge in [0, 0.05) is 24.8 Å². The van der Waals surface area contributed by atoms with Crippen LogP contribution in [0.15, 0.2) is 16.9 Å². The number of nitrogens with two attached hydrogens (primary N) is 1. The van der Waals surface area contributed by atoms with Crippen molar-refractivity contribution in [3.05, 3.63) is 33.7 Å². The van der Waals surface area contributed by atoms with Crippen LogP contribution in [0.5, 0.6) is 0 Å². The van der Waals surface area contributed by atoms with E-state index in [0.717, 1.165) is 18.5 Å². The summed E-state index contributed by atoms with van der Waals surface area (Å²) in [5.74, 6) is 0.133. The molecule has 1 aliphatic heterocycles. The lowest BCUT2D eigenvalue weighted by Crippen LogP contribution is -2.46. The highest BCUT2D eigenvalue weighted by Gasteiger charge is 2.27. The fourth-order valence-electron chi connectivity index (χ4n) is 2.53. The first-order chi connectivity index (χ1) is 8.99. The molecule has 5 nitrogen and oxygen atoms in total. The van der Waals surface area contributed by atoms with Gasteiger partial charge in [0.1, 0.15) is 5.56 Å². The minimum Gasteiger partial charge on any atom is -0.338 e. The molecule has 3 N–H and O–H groups in total. The minimum absolute atomic E-state index is 0. The summed E-state index contributed by atoms with van der Waals surface area (Å²) >= 11 is 0. The maximum absolute atomic E-state index is 12.4. The van der Waals surface area contributed by atoms with Crippen LogP contribution < -0.4 is 11.3 Å². The fraction of sp³-hybridized carbons (Fsp3) is 0.571. The zero-order valence-electron chi connectivity index (χ0n) is 11.9. The van der Waals surface area contributed by atoms with Crippen LogP contribution in [0.2, 0.25) is 0 Å². The molecule has 1 saturated heterocycles. The summed E-state index contributed by atoms with van der Waals surface area (Å²) in [6.45, 7) is 5.11. The second kappa shape index (κ2) is 6.90. The predicted molar refractivity (Wildman–Crippen MR) is 81.3 cm³/mol. The van der Waals surface area contributed by atoms with Crippen LogP contribution in [0.1, 0.15) is 35.8 Å². The van der Waals surface area contributed by atoms with E-state index < -0.39 is 0 Å². The van der Waals surface area contributed by atoms with Crippen LogP contribution in [0.3, 0.4) is 0 Å². The number of hydrogen-bond donors (Lipinski definition) is 2. The van der Waals surface area contributed by atoms with Gasteiger partial charge >= 0.3 is 0 Å². The molecular formula is C14H22ClN3O2. The molecule has 20 heavy (non-hydrogen) atoms. The third-order valence-electron chi connectivity index (χ3n) is 3.77. The van der Waals surface area contributed by atoms with E-state index in [1.54, 1.807) is 24.0 Å². The van der Waals surface area contributed by atoms with Crippen LogP contribution in [0, 0.1) is 12.8 Å². The maximum atomic E-state index is 12.4. The van der Waals surface area contributed by atoms with Gasteiger partial charge in [0.05, 0.1) is 0 Å². The highest BCUT2D eigenvalue weighted by molar-refractivity contribution is 5.93. The van der Waals surface area contributed by atoms with Crippen molar-refractivity contribution in [3.63, 3.8) is 0 Å². The van der Waals surface area contributed by atoms with Crippen molar-refractivity contribution in [1.82, 2.24) is 9.88 Å². The van der Waals surface area contributed by atoms with Crippen molar-refractivity contribution >= 4 is 18.3 Å². The van der Waals surface area contributed by atoms with Gasteiger partial charge in [0.15, 0.2) is 0 Å². The number of rotatable bonds is 2. The summed E-state index contributed by atoms with van der Waals surface area (Å²) in [5.41, 5.74) is 6.58. The van der Waals surface area contributed by atoms with E-state index in [-0.39, 0.29) is 35.5 Å². The van der Waals surface area contributed by atoms with Gasteiger partial charge in [-0.05, 0) is 44.7 Å². The first kappa shape index (κ1) is 16.7. The van der Waals surface area contributed by atoms with E-state index in [9.17, 15) is 9.59 Å². The predicted octanol–water partition coefficient (Wildman–Crippen LogP) is 1.30. The zero-order valence-corrected chi connectivity index (χ0v) is 12.7. The number of pyridine rings is 1. The highest BCUT2D eigenvalue weighted by Crippen LogP contribution is 2.19. The Morgan fingerprint density at radius 1 is 1.50 bits per heavy atom. The second-order valence-corrected chi connectivity index (χ2v) is 5.40. The summed E-state index contributed by atoms with van der Waals surface area (Å²) in [7, 11) is 0. The lowest BCUT2D eigenvalue weighted by molar-refractivity contribution is 0.0659. The lowest BCUT2D eigenvalue weighted by atomic mass is 9.92. The van der Waals surface area contributed by atoms with Crippen molar-refractivity contribution in [2.45, 2.75) is 32.7 Å². The van der Waals surface area contributed by atoms with Crippen LogP contribution in [-0.2, 0) is 0 Å². The molecule has 2 atom stereocenters. The molecule has 2 rings (SSSR count). The lowest BCUT2D eigenvalue weighted by Gasteiger charge is -2.34. The van der Waals surface area contributed by atoms with Crippen molar-refractivity contribution in [1.29, 1.82) is 0 Å². The molecule has 0 bridgehead atoms. The first-order valence-electron chi connectivity index (χ1n) is 6.74. The molecule has 6 heteroatoms. The molecule has 2 unspecified atom stereocenters. The number of nitrogens with zero attached hydrogens (tertiary/aromatic N) is 1. The van der Waals surface area contributed by atoms with Gasteiger partial charge in [-0.1, -0.05) is 0 Å². The normalized spacial score (nSPS) is 20.1. The average molecular weight is 300 g/mol. The summed E-state index contributed by atoms with van der Waals surface area (Å²) in [5, 5.41) is 0. The van der Waals surface area contributed by atoms with E-state index in [0.29, 0.717) is 19.0 Å². The van der Waals surface area contributed by atoms with Crippen molar-refractivity contribution in [2.75, 3.05) is 13.1 Å². The van der Waals surface area contributed by atoms with E-state index in [1.807, 2.05) is 6.92 Å². The zero-order chi connectivity index (χ0) is 14.0. The summed E-state index contributed by atoms with van der Waals surface area (Å²) < 4.78 is 0. The van der Waals surface area contributed by atoms with Crippen LogP contribution in [-0.4, -0.2) is 34.9 Å². The molecule has 1 amide bonds. The fourth-order valence-corrected chi connectivity index (χ4v) is 2.53. The number of nitrogens with one attached hydrogen (secondary N) is 1. The number of amides is 1. The largest absolute Gasteiger partial charge is 0.338 e. The quantitative estimate of drug-likeness (QED) is 0.864. The van der Waals surface area contributed by atoms with Crippen LogP contribution >= 0.6 is 12.4 Å². The molecule has 1 aromatic rings. The smallest absolute Gasteiger partial charge is 0.260 e. The molecule has 112 valence electrons. The van der Waals surface area contributed by atoms with Gasteiger partial charge in [0.2, 0.25) is 0 Å². The number of aromatic amines is 1. The molecule has 1 fully saturated rings. The number of carbonyl (C=O) groups excluding carboxylic acids is 1. The van der Waals surface area contributed by atoms with Gasteiger partial charge < -0.3 is 15.6 Å². The Labute approximate surface area is 125 Å². The van der Waals surface area contributed by atoms with Gasteiger partial charge in [-0.15, -0.1) is 12.4 Å². The maximum Gasteiger partial charge on any atom is 0.260 e. The number of carbonyl (C=O) groups is 1. The molecule has 0 aromatic carbocycles. The average Bonchev–Trinajstić information content (AvgIpc) is 2.38. The third-order valence-corrected chi connectivity index (χ3v) is 3.77. The Morgan fingerprint density at radius 2 is 2.20 bits per heavy atom. The molecule has 2 heterocycles. The number of likely N-dealkylation sites (tertiary alicyclic amines) is 1. The van der Waals surface area contributed by atoms with Gasteiger partial charge in [-0.2, -0.15) is 0 Å². The molecular weight excluding hydrogens is 278 g/mol. The van der Waals surface area contributed by atoms with E-state index in [2.05, 4.69) is 4.98 Å². The van der Waals surface area contributed by atoms with Crippen LogP contribution in [0.25, 0.3) is 0 Å². The summed E-state index contributed by atoms with van der Waals surface area (Å²) in [4.78, 5) is 28.6. The number of hydrogen-bond acceptors (Lipinski definition) is 3. The van der Waals surface area contributed by atoms with E-state index in [1.165, 1.54) is 0 Å². The molecule has 0 radical (unpaired) electrons. The van der Waals surface area contributed by atoms with Crippen molar-refractivity contribution < 1.29 is 4.79 Å². The molecule has 0 aliphatic carbocycles. The Hall–Kier alpha value is -1.33. The van der Waals surface area contributed by atoms with Crippen molar-refractivity contribution in [2.24, 2.45) is 11.7 Å². The molecule has 1 aliphatic rings. The number of halogens is 1. The Balaban J connectivity index is 0.00000200. The standard InChI is InChI=1S/C14H21N3O2.ClH/c1-9-5-6-12(13(18)16-9)14(19)17-7-3-4-11(8-17)10(2)15;/h5-6,10-11H,3-4,7-8,15H2,1-2H3,(H,16,18);1H. The van der Waals surface area contributed by atoms with E-state index in [4.69, 9.17) is 5.73 Å². The van der Waals surface area contributed by atoms with E-state index >= 15 is 0 Å². The highest BCUT2D eigenvalue weighted by atomic mass is 35.5. The monoisotopic (exact) mass is 299 g/mol. The molecule has 0 saturated carbocycles. The van der Waals surface area contributed by atoms with Gasteiger partial charge in [-0.3, -0.25) is 9.59 Å². The van der Waals surface area contributed by atoms with Gasteiger partial charge in [0.25, 0.3) is 11.5 Å². The molecule has 0 spiro atoms. The SMILES string of the molecule is Cc1ccc(C(=O)N2CCCC(C(C)N)C2)c(=O)[nH]1.Cl. The number of H-pyrrole nitrogens is 1. The first-order valence-corrected chi connectivity index (χ1v) is 6.74. The number of aromatic nitrogens is 1. The number of piperidine rings is 1. The second-order valence-electron chi connectivity index (χ2n) is 5.40. The topological polar surface area (TPSA) is 79.2 Å².